The Bertz CT molecular complexity index is 1280. The number of carbonyl (C=O) groups excluding carboxylic acids is 1. The third kappa shape index (κ3) is 7.01. The molecule has 0 spiro atoms. The molecule has 0 saturated carbocycles. The molecule has 0 unspecified atom stereocenters. The Morgan fingerprint density at radius 3 is 2.74 bits per heavy atom. The van der Waals surface area contributed by atoms with Gasteiger partial charge in [0, 0.05) is 42.6 Å². The minimum Gasteiger partial charge on any atom is -0.435 e. The van der Waals surface area contributed by atoms with Gasteiger partial charge < -0.3 is 25.1 Å². The Labute approximate surface area is 219 Å². The van der Waals surface area contributed by atoms with Crippen LogP contribution in [0.25, 0.3) is 11.2 Å². The van der Waals surface area contributed by atoms with Gasteiger partial charge in [-0.05, 0) is 51.9 Å². The first kappa shape index (κ1) is 27.4. The Morgan fingerprint density at radius 1 is 1.26 bits per heavy atom. The topological polar surface area (TPSA) is 128 Å². The molecule has 3 heterocycles. The zero-order chi connectivity index (χ0) is 27.3. The van der Waals surface area contributed by atoms with Crippen LogP contribution in [0, 0.1) is 5.41 Å². The number of carbonyl (C=O) groups is 1. The van der Waals surface area contributed by atoms with Gasteiger partial charge in [-0.2, -0.15) is 8.78 Å². The number of aromatic amines is 1. The summed E-state index contributed by atoms with van der Waals surface area (Å²) in [6, 6.07) is 4.43. The van der Waals surface area contributed by atoms with Crippen molar-refractivity contribution in [2.24, 2.45) is 0 Å². The molecule has 12 heteroatoms. The van der Waals surface area contributed by atoms with E-state index >= 15 is 0 Å². The molecule has 4 rings (SSSR count). The van der Waals surface area contributed by atoms with Crippen LogP contribution in [0.15, 0.2) is 30.6 Å². The number of morpholine rings is 1. The molecule has 1 saturated heterocycles. The van der Waals surface area contributed by atoms with E-state index in [1.165, 1.54) is 24.5 Å². The maximum Gasteiger partial charge on any atom is 0.387 e. The highest BCUT2D eigenvalue weighted by molar-refractivity contribution is 6.14. The molecule has 0 atom stereocenters. The number of halogens is 2. The second kappa shape index (κ2) is 11.8. The van der Waals surface area contributed by atoms with Crippen molar-refractivity contribution in [2.75, 3.05) is 44.7 Å². The Morgan fingerprint density at radius 2 is 2.03 bits per heavy atom. The van der Waals surface area contributed by atoms with Crippen molar-refractivity contribution >= 4 is 28.5 Å². The third-order valence-corrected chi connectivity index (χ3v) is 5.93. The highest BCUT2D eigenvalue weighted by Gasteiger charge is 2.22. The minimum atomic E-state index is -3.00. The van der Waals surface area contributed by atoms with E-state index in [1.807, 2.05) is 20.8 Å². The van der Waals surface area contributed by atoms with Gasteiger partial charge in [-0.15, -0.1) is 0 Å². The molecule has 0 aliphatic carbocycles. The lowest BCUT2D eigenvalue weighted by Crippen LogP contribution is -2.40. The van der Waals surface area contributed by atoms with Gasteiger partial charge in [0.2, 0.25) is 0 Å². The molecule has 4 N–H and O–H groups in total. The standard InChI is InChI=1S/C26H33F2N7O3/c1-26(2,3)34-24(36)18-14-31-23-22(18)33-20(15-32-23)21(29)17-13-16(38-25(27)28)5-6-19(17)30-7-4-8-35-9-11-37-12-10-35/h5-6,13-15,25,29-30H,4,7-12H2,1-3H3,(H,31,32)(H,34,36). The summed E-state index contributed by atoms with van der Waals surface area (Å²) >= 11 is 0. The monoisotopic (exact) mass is 529 g/mol. The maximum absolute atomic E-state index is 12.9. The number of benzene rings is 1. The number of amides is 1. The van der Waals surface area contributed by atoms with Crippen LogP contribution < -0.4 is 15.4 Å². The number of alkyl halides is 2. The lowest BCUT2D eigenvalue weighted by atomic mass is 10.0. The Balaban J connectivity index is 1.57. The fourth-order valence-corrected chi connectivity index (χ4v) is 4.14. The first-order chi connectivity index (χ1) is 18.1. The minimum absolute atomic E-state index is 0.0434. The molecule has 204 valence electrons. The average Bonchev–Trinajstić information content (AvgIpc) is 3.29. The summed E-state index contributed by atoms with van der Waals surface area (Å²) in [6.07, 6.45) is 3.79. The van der Waals surface area contributed by atoms with Crippen LogP contribution in [-0.2, 0) is 4.74 Å². The van der Waals surface area contributed by atoms with Gasteiger partial charge in [-0.25, -0.2) is 9.97 Å². The summed E-state index contributed by atoms with van der Waals surface area (Å²) < 4.78 is 35.8. The van der Waals surface area contributed by atoms with Gasteiger partial charge in [0.1, 0.15) is 17.0 Å². The van der Waals surface area contributed by atoms with Crippen LogP contribution >= 0.6 is 0 Å². The zero-order valence-electron chi connectivity index (χ0n) is 21.7. The summed E-state index contributed by atoms with van der Waals surface area (Å²) in [7, 11) is 0. The van der Waals surface area contributed by atoms with E-state index in [2.05, 4.69) is 35.2 Å². The lowest BCUT2D eigenvalue weighted by Gasteiger charge is -2.26. The first-order valence-corrected chi connectivity index (χ1v) is 12.5. The van der Waals surface area contributed by atoms with Crippen molar-refractivity contribution < 1.29 is 23.0 Å². The summed E-state index contributed by atoms with van der Waals surface area (Å²) in [4.78, 5) is 26.9. The fraction of sp³-hybridized carbons (Fsp3) is 0.462. The smallest absolute Gasteiger partial charge is 0.387 e. The number of rotatable bonds is 10. The number of hydrogen-bond acceptors (Lipinski definition) is 8. The van der Waals surface area contributed by atoms with E-state index in [-0.39, 0.29) is 23.1 Å². The summed E-state index contributed by atoms with van der Waals surface area (Å²) in [5.41, 5.74) is 1.62. The summed E-state index contributed by atoms with van der Waals surface area (Å²) in [6.45, 7) is 7.38. The van der Waals surface area contributed by atoms with Crippen LogP contribution in [0.3, 0.4) is 0 Å². The molecule has 1 fully saturated rings. The third-order valence-electron chi connectivity index (χ3n) is 5.93. The van der Waals surface area contributed by atoms with Crippen molar-refractivity contribution in [3.8, 4) is 5.75 Å². The maximum atomic E-state index is 12.9. The Hall–Kier alpha value is -3.64. The average molecular weight is 530 g/mol. The number of nitrogens with zero attached hydrogens (tertiary/aromatic N) is 3. The number of aromatic nitrogens is 3. The van der Waals surface area contributed by atoms with Gasteiger partial charge in [-0.1, -0.05) is 0 Å². The van der Waals surface area contributed by atoms with E-state index in [9.17, 15) is 13.6 Å². The van der Waals surface area contributed by atoms with Gasteiger partial charge >= 0.3 is 6.61 Å². The second-order valence-electron chi connectivity index (χ2n) is 10.1. The SMILES string of the molecule is CC(C)(C)NC(=O)c1c[nH]c2ncc(C(=N)c3cc(OC(F)F)ccc3NCCCN3CCOCC3)nc12. The van der Waals surface area contributed by atoms with E-state index in [1.54, 1.807) is 6.07 Å². The van der Waals surface area contributed by atoms with Gasteiger partial charge in [0.15, 0.2) is 5.65 Å². The van der Waals surface area contributed by atoms with Gasteiger partial charge in [0.25, 0.3) is 5.91 Å². The van der Waals surface area contributed by atoms with E-state index < -0.39 is 12.2 Å². The number of fused-ring (bicyclic) bond motifs is 1. The highest BCUT2D eigenvalue weighted by atomic mass is 19.3. The molecule has 38 heavy (non-hydrogen) atoms. The Kier molecular flexibility index (Phi) is 8.52. The first-order valence-electron chi connectivity index (χ1n) is 12.5. The van der Waals surface area contributed by atoms with Crippen molar-refractivity contribution in [1.82, 2.24) is 25.2 Å². The zero-order valence-corrected chi connectivity index (χ0v) is 21.7. The van der Waals surface area contributed by atoms with Gasteiger partial charge in [-0.3, -0.25) is 15.1 Å². The molecule has 0 radical (unpaired) electrons. The fourth-order valence-electron chi connectivity index (χ4n) is 4.14. The molecule has 3 aromatic rings. The molecule has 2 aromatic heterocycles. The van der Waals surface area contributed by atoms with Crippen molar-refractivity contribution in [3.05, 3.63) is 47.4 Å². The summed E-state index contributed by atoms with van der Waals surface area (Å²) in [5.74, 6) is -0.392. The largest absolute Gasteiger partial charge is 0.435 e. The molecule has 10 nitrogen and oxygen atoms in total. The highest BCUT2D eigenvalue weighted by Crippen LogP contribution is 2.26. The number of hydrogen-bond donors (Lipinski definition) is 4. The quantitative estimate of drug-likeness (QED) is 0.233. The van der Waals surface area contributed by atoms with Crippen molar-refractivity contribution in [3.63, 3.8) is 0 Å². The predicted molar refractivity (Wildman–Crippen MR) is 140 cm³/mol. The van der Waals surface area contributed by atoms with Crippen LogP contribution in [0.4, 0.5) is 14.5 Å². The second-order valence-corrected chi connectivity index (χ2v) is 10.1. The van der Waals surface area contributed by atoms with E-state index in [0.29, 0.717) is 34.5 Å². The molecule has 1 aliphatic heterocycles. The number of H-pyrrole nitrogens is 1. The van der Waals surface area contributed by atoms with Crippen LogP contribution in [0.5, 0.6) is 5.75 Å². The summed E-state index contributed by atoms with van der Waals surface area (Å²) in [5, 5.41) is 15.1. The predicted octanol–water partition coefficient (Wildman–Crippen LogP) is 3.64. The molecule has 0 bridgehead atoms. The molecular weight excluding hydrogens is 496 g/mol. The van der Waals surface area contributed by atoms with Gasteiger partial charge in [0.05, 0.1) is 30.7 Å². The van der Waals surface area contributed by atoms with E-state index in [0.717, 1.165) is 39.3 Å². The van der Waals surface area contributed by atoms with Crippen molar-refractivity contribution in [2.45, 2.75) is 39.3 Å². The molecule has 1 aromatic carbocycles. The normalized spacial score (nSPS) is 14.6. The van der Waals surface area contributed by atoms with E-state index in [4.69, 9.17) is 10.1 Å². The van der Waals surface area contributed by atoms with Crippen molar-refractivity contribution in [1.29, 1.82) is 5.41 Å². The number of anilines is 1. The van der Waals surface area contributed by atoms with Crippen LogP contribution in [0.1, 0.15) is 48.8 Å². The lowest BCUT2D eigenvalue weighted by molar-refractivity contribution is -0.0498. The molecule has 1 amide bonds. The van der Waals surface area contributed by atoms with Crippen LogP contribution in [0.2, 0.25) is 0 Å². The molecule has 1 aliphatic rings. The number of ether oxygens (including phenoxy) is 2. The van der Waals surface area contributed by atoms with Crippen LogP contribution in [-0.4, -0.2) is 83.0 Å². The molecular formula is C26H33F2N7O3. The number of nitrogens with one attached hydrogen (secondary N) is 4.